The number of ether oxygens (including phenoxy) is 2. The van der Waals surface area contributed by atoms with E-state index in [1.165, 1.54) is 11.8 Å². The largest absolute Gasteiger partial charge is 0.504 e. The Morgan fingerprint density at radius 2 is 1.96 bits per heavy atom. The van der Waals surface area contributed by atoms with Gasteiger partial charge in [0.05, 0.1) is 25.2 Å². The van der Waals surface area contributed by atoms with E-state index in [1.54, 1.807) is 36.3 Å². The van der Waals surface area contributed by atoms with Crippen LogP contribution >= 0.6 is 24.0 Å². The number of amides is 1. The van der Waals surface area contributed by atoms with Crippen LogP contribution in [0.3, 0.4) is 0 Å². The molecule has 1 saturated heterocycles. The first-order valence-corrected chi connectivity index (χ1v) is 9.58. The lowest BCUT2D eigenvalue weighted by Crippen LogP contribution is -2.27. The third-order valence-corrected chi connectivity index (χ3v) is 5.33. The number of aromatic hydroxyl groups is 1. The van der Waals surface area contributed by atoms with Gasteiger partial charge in [0.2, 0.25) is 0 Å². The third-order valence-electron chi connectivity index (χ3n) is 3.95. The van der Waals surface area contributed by atoms with Crippen molar-refractivity contribution >= 4 is 40.3 Å². The van der Waals surface area contributed by atoms with Crippen LogP contribution in [0.2, 0.25) is 0 Å². The van der Waals surface area contributed by atoms with Gasteiger partial charge in [0, 0.05) is 0 Å². The van der Waals surface area contributed by atoms with Crippen LogP contribution in [0.25, 0.3) is 6.08 Å². The molecule has 0 unspecified atom stereocenters. The van der Waals surface area contributed by atoms with Gasteiger partial charge in [0.25, 0.3) is 5.91 Å². The molecule has 0 aromatic heterocycles. The number of carbonyl (C=O) groups excluding carboxylic acids is 1. The molecule has 1 aliphatic heterocycles. The van der Waals surface area contributed by atoms with E-state index in [0.29, 0.717) is 28.1 Å². The van der Waals surface area contributed by atoms with Crippen molar-refractivity contribution in [2.75, 3.05) is 13.7 Å². The van der Waals surface area contributed by atoms with E-state index in [1.807, 2.05) is 31.2 Å². The molecular formula is C20H19NO4S2. The van der Waals surface area contributed by atoms with E-state index in [0.717, 1.165) is 16.9 Å². The summed E-state index contributed by atoms with van der Waals surface area (Å²) in [4.78, 5) is 14.9. The Hall–Kier alpha value is -2.51. The zero-order valence-electron chi connectivity index (χ0n) is 15.0. The lowest BCUT2D eigenvalue weighted by Gasteiger charge is -2.14. The Morgan fingerprint density at radius 1 is 1.22 bits per heavy atom. The SMILES string of the molecule is CCOc1cc(/C=C2/SC(=S)N(Cc3ccc(OC)cc3)C2=O)ccc1O. The zero-order chi connectivity index (χ0) is 19.4. The molecule has 1 N–H and O–H groups in total. The normalized spacial score (nSPS) is 15.5. The molecule has 5 nitrogen and oxygen atoms in total. The van der Waals surface area contributed by atoms with Crippen LogP contribution < -0.4 is 9.47 Å². The second-order valence-corrected chi connectivity index (χ2v) is 7.45. The molecule has 0 bridgehead atoms. The van der Waals surface area contributed by atoms with Gasteiger partial charge in [-0.3, -0.25) is 9.69 Å². The fourth-order valence-electron chi connectivity index (χ4n) is 2.59. The van der Waals surface area contributed by atoms with Gasteiger partial charge < -0.3 is 14.6 Å². The third kappa shape index (κ3) is 4.43. The summed E-state index contributed by atoms with van der Waals surface area (Å²) in [5.41, 5.74) is 1.73. The minimum absolute atomic E-state index is 0.0704. The molecule has 2 aromatic carbocycles. The van der Waals surface area contributed by atoms with Gasteiger partial charge in [0.1, 0.15) is 10.1 Å². The van der Waals surface area contributed by atoms with Crippen LogP contribution in [0.5, 0.6) is 17.2 Å². The Bertz CT molecular complexity index is 893. The summed E-state index contributed by atoms with van der Waals surface area (Å²) in [5.74, 6) is 1.09. The summed E-state index contributed by atoms with van der Waals surface area (Å²) in [5, 5.41) is 9.81. The topological polar surface area (TPSA) is 59.0 Å². The van der Waals surface area contributed by atoms with E-state index < -0.39 is 0 Å². The number of benzene rings is 2. The molecule has 7 heteroatoms. The highest BCUT2D eigenvalue weighted by Gasteiger charge is 2.32. The maximum absolute atomic E-state index is 12.8. The van der Waals surface area contributed by atoms with Gasteiger partial charge >= 0.3 is 0 Å². The number of rotatable bonds is 6. The van der Waals surface area contributed by atoms with Gasteiger partial charge in [-0.25, -0.2) is 0 Å². The van der Waals surface area contributed by atoms with Crippen molar-refractivity contribution in [3.8, 4) is 17.2 Å². The van der Waals surface area contributed by atoms with Crippen LogP contribution in [-0.2, 0) is 11.3 Å². The summed E-state index contributed by atoms with van der Waals surface area (Å²) in [6.45, 7) is 2.70. The van der Waals surface area contributed by atoms with E-state index in [-0.39, 0.29) is 11.7 Å². The number of nitrogens with zero attached hydrogens (tertiary/aromatic N) is 1. The van der Waals surface area contributed by atoms with Crippen LogP contribution in [0.1, 0.15) is 18.1 Å². The van der Waals surface area contributed by atoms with E-state index in [4.69, 9.17) is 21.7 Å². The maximum atomic E-state index is 12.8. The monoisotopic (exact) mass is 401 g/mol. The Morgan fingerprint density at radius 3 is 2.63 bits per heavy atom. The molecule has 0 atom stereocenters. The van der Waals surface area contributed by atoms with Crippen LogP contribution in [0.15, 0.2) is 47.4 Å². The van der Waals surface area contributed by atoms with Gasteiger partial charge in [-0.1, -0.05) is 42.2 Å². The number of thioether (sulfide) groups is 1. The average molecular weight is 402 g/mol. The quantitative estimate of drug-likeness (QED) is 0.578. The molecule has 0 saturated carbocycles. The summed E-state index contributed by atoms with van der Waals surface area (Å²) < 4.78 is 11.1. The predicted molar refractivity (Wildman–Crippen MR) is 111 cm³/mol. The van der Waals surface area contributed by atoms with Crippen molar-refractivity contribution in [1.82, 2.24) is 4.90 Å². The number of carbonyl (C=O) groups is 1. The van der Waals surface area contributed by atoms with E-state index in [2.05, 4.69) is 0 Å². The van der Waals surface area contributed by atoms with Crippen molar-refractivity contribution in [2.24, 2.45) is 0 Å². The summed E-state index contributed by atoms with van der Waals surface area (Å²) >= 11 is 6.65. The highest BCUT2D eigenvalue weighted by molar-refractivity contribution is 8.26. The van der Waals surface area contributed by atoms with Gasteiger partial charge in [0.15, 0.2) is 11.5 Å². The molecule has 0 aliphatic carbocycles. The first-order valence-electron chi connectivity index (χ1n) is 8.36. The van der Waals surface area contributed by atoms with Crippen molar-refractivity contribution in [1.29, 1.82) is 0 Å². The highest BCUT2D eigenvalue weighted by Crippen LogP contribution is 2.35. The van der Waals surface area contributed by atoms with E-state index in [9.17, 15) is 9.90 Å². The smallest absolute Gasteiger partial charge is 0.266 e. The van der Waals surface area contributed by atoms with Crippen LogP contribution in [-0.4, -0.2) is 34.0 Å². The van der Waals surface area contributed by atoms with Crippen LogP contribution in [0, 0.1) is 0 Å². The van der Waals surface area contributed by atoms with E-state index >= 15 is 0 Å². The fourth-order valence-corrected chi connectivity index (χ4v) is 3.85. The molecule has 1 heterocycles. The molecule has 27 heavy (non-hydrogen) atoms. The van der Waals surface area contributed by atoms with Crippen molar-refractivity contribution < 1.29 is 19.4 Å². The number of hydrogen-bond donors (Lipinski definition) is 1. The van der Waals surface area contributed by atoms with Gasteiger partial charge in [-0.15, -0.1) is 0 Å². The molecule has 1 fully saturated rings. The number of phenolic OH excluding ortho intramolecular Hbond substituents is 1. The fraction of sp³-hybridized carbons (Fsp3) is 0.200. The lowest BCUT2D eigenvalue weighted by molar-refractivity contribution is -0.122. The number of hydrogen-bond acceptors (Lipinski definition) is 6. The molecule has 3 rings (SSSR count). The van der Waals surface area contributed by atoms with Crippen molar-refractivity contribution in [2.45, 2.75) is 13.5 Å². The van der Waals surface area contributed by atoms with Gasteiger partial charge in [-0.05, 0) is 48.4 Å². The molecule has 0 spiro atoms. The minimum Gasteiger partial charge on any atom is -0.504 e. The highest BCUT2D eigenvalue weighted by atomic mass is 32.2. The minimum atomic E-state index is -0.133. The summed E-state index contributed by atoms with van der Waals surface area (Å²) in [6.07, 6.45) is 1.76. The molecule has 0 radical (unpaired) electrons. The second kappa shape index (κ2) is 8.45. The Kier molecular flexibility index (Phi) is 6.03. The lowest BCUT2D eigenvalue weighted by atomic mass is 10.1. The number of phenols is 1. The standard InChI is InChI=1S/C20H19NO4S2/c1-3-25-17-10-14(6-9-16(17)22)11-18-19(23)21(20(26)27-18)12-13-4-7-15(24-2)8-5-13/h4-11,22H,3,12H2,1-2H3/b18-11+. The van der Waals surface area contributed by atoms with Crippen molar-refractivity contribution in [3.05, 3.63) is 58.5 Å². The maximum Gasteiger partial charge on any atom is 0.266 e. The molecule has 2 aromatic rings. The first-order chi connectivity index (χ1) is 13.0. The number of thiocarbonyl (C=S) groups is 1. The molecular weight excluding hydrogens is 382 g/mol. The summed E-state index contributed by atoms with van der Waals surface area (Å²) in [6, 6.07) is 12.5. The Balaban J connectivity index is 1.78. The summed E-state index contributed by atoms with van der Waals surface area (Å²) in [7, 11) is 1.61. The molecule has 140 valence electrons. The number of methoxy groups -OCH3 is 1. The average Bonchev–Trinajstić information content (AvgIpc) is 2.92. The Labute approximate surface area is 167 Å². The van der Waals surface area contributed by atoms with Crippen LogP contribution in [0.4, 0.5) is 0 Å². The molecule has 1 aliphatic rings. The van der Waals surface area contributed by atoms with Gasteiger partial charge in [-0.2, -0.15) is 0 Å². The second-order valence-electron chi connectivity index (χ2n) is 5.78. The predicted octanol–water partition coefficient (Wildman–Crippen LogP) is 4.20. The van der Waals surface area contributed by atoms with Crippen molar-refractivity contribution in [3.63, 3.8) is 0 Å². The first kappa shape index (κ1) is 19.3. The zero-order valence-corrected chi connectivity index (χ0v) is 16.6. The molecule has 1 amide bonds.